The van der Waals surface area contributed by atoms with Crippen molar-refractivity contribution in [2.45, 2.75) is 25.7 Å². The Morgan fingerprint density at radius 1 is 1.26 bits per heavy atom. The molecule has 0 unspecified atom stereocenters. The molecule has 4 nitrogen and oxygen atoms in total. The highest BCUT2D eigenvalue weighted by molar-refractivity contribution is 5.95. The summed E-state index contributed by atoms with van der Waals surface area (Å²) in [6, 6.07) is 5.27. The van der Waals surface area contributed by atoms with Crippen LogP contribution >= 0.6 is 0 Å². The number of nitrogen functional groups attached to an aromatic ring is 1. The van der Waals surface area contributed by atoms with Gasteiger partial charge >= 0.3 is 0 Å². The molecular formula is C15H20N2O2. The number of rotatable bonds is 6. The predicted octanol–water partition coefficient (Wildman–Crippen LogP) is 2.20. The average Bonchev–Trinajstić information content (AvgIpc) is 3.27. The fraction of sp³-hybridized carbons (Fsp3) is 0.533. The summed E-state index contributed by atoms with van der Waals surface area (Å²) in [5.41, 5.74) is 7.08. The smallest absolute Gasteiger partial charge is 0.251 e. The Morgan fingerprint density at radius 2 is 2.00 bits per heavy atom. The molecule has 2 saturated carbocycles. The van der Waals surface area contributed by atoms with E-state index in [9.17, 15) is 4.79 Å². The van der Waals surface area contributed by atoms with Gasteiger partial charge in [0.2, 0.25) is 0 Å². The number of amides is 1. The molecule has 1 aromatic carbocycles. The molecule has 3 N–H and O–H groups in total. The Balaban J connectivity index is 1.58. The normalized spacial score (nSPS) is 18.1. The van der Waals surface area contributed by atoms with Crippen molar-refractivity contribution in [2.75, 3.05) is 18.9 Å². The van der Waals surface area contributed by atoms with Crippen molar-refractivity contribution in [3.05, 3.63) is 23.8 Å². The molecule has 1 aromatic rings. The van der Waals surface area contributed by atoms with E-state index in [4.69, 9.17) is 10.5 Å². The van der Waals surface area contributed by atoms with Crippen LogP contribution in [0.2, 0.25) is 0 Å². The number of nitrogens with one attached hydrogen (secondary N) is 1. The van der Waals surface area contributed by atoms with Crippen LogP contribution in [0.1, 0.15) is 36.0 Å². The minimum absolute atomic E-state index is 0.0488. The minimum atomic E-state index is -0.0488. The number of carbonyl (C=O) groups excluding carboxylic acids is 1. The first kappa shape index (κ1) is 12.3. The van der Waals surface area contributed by atoms with Gasteiger partial charge in [-0.1, -0.05) is 0 Å². The van der Waals surface area contributed by atoms with E-state index < -0.39 is 0 Å². The molecular weight excluding hydrogens is 240 g/mol. The number of hydrogen-bond donors (Lipinski definition) is 2. The molecule has 4 heteroatoms. The average molecular weight is 260 g/mol. The summed E-state index contributed by atoms with van der Waals surface area (Å²) in [6.07, 6.45) is 4.97. The zero-order valence-corrected chi connectivity index (χ0v) is 11.0. The van der Waals surface area contributed by atoms with E-state index in [2.05, 4.69) is 5.32 Å². The standard InChI is InChI=1S/C15H20N2O2/c16-13-7-12(15(18)17-8-10-1-2-10)5-6-14(13)19-9-11-3-4-11/h5-7,10-11H,1-4,8-9,16H2,(H,17,18). The van der Waals surface area contributed by atoms with E-state index >= 15 is 0 Å². The van der Waals surface area contributed by atoms with Gasteiger partial charge in [-0.2, -0.15) is 0 Å². The summed E-state index contributed by atoms with van der Waals surface area (Å²) in [4.78, 5) is 11.9. The molecule has 0 aliphatic heterocycles. The van der Waals surface area contributed by atoms with Gasteiger partial charge in [-0.25, -0.2) is 0 Å². The van der Waals surface area contributed by atoms with Crippen LogP contribution in [0.3, 0.4) is 0 Å². The molecule has 0 atom stereocenters. The van der Waals surface area contributed by atoms with Crippen molar-refractivity contribution >= 4 is 11.6 Å². The van der Waals surface area contributed by atoms with Gasteiger partial charge in [0.1, 0.15) is 5.75 Å². The van der Waals surface area contributed by atoms with Crippen molar-refractivity contribution in [1.82, 2.24) is 5.32 Å². The lowest BCUT2D eigenvalue weighted by atomic mass is 10.1. The summed E-state index contributed by atoms with van der Waals surface area (Å²) in [6.45, 7) is 1.51. The van der Waals surface area contributed by atoms with Gasteiger partial charge in [0.15, 0.2) is 0 Å². The van der Waals surface area contributed by atoms with Crippen LogP contribution in [0.15, 0.2) is 18.2 Å². The van der Waals surface area contributed by atoms with Crippen LogP contribution < -0.4 is 15.8 Å². The largest absolute Gasteiger partial charge is 0.491 e. The molecule has 0 aromatic heterocycles. The SMILES string of the molecule is Nc1cc(C(=O)NCC2CC2)ccc1OCC1CC1. The molecule has 0 radical (unpaired) electrons. The van der Waals surface area contributed by atoms with Gasteiger partial charge in [0.05, 0.1) is 12.3 Å². The molecule has 2 aliphatic rings. The van der Waals surface area contributed by atoms with Gasteiger partial charge in [-0.05, 0) is 55.7 Å². The van der Waals surface area contributed by atoms with Gasteiger partial charge in [-0.15, -0.1) is 0 Å². The Morgan fingerprint density at radius 3 is 2.63 bits per heavy atom. The number of hydrogen-bond acceptors (Lipinski definition) is 3. The van der Waals surface area contributed by atoms with Crippen molar-refractivity contribution in [2.24, 2.45) is 11.8 Å². The third-order valence-corrected chi connectivity index (χ3v) is 3.69. The molecule has 2 aliphatic carbocycles. The maximum Gasteiger partial charge on any atom is 0.251 e. The Labute approximate surface area is 113 Å². The predicted molar refractivity (Wildman–Crippen MR) is 74.1 cm³/mol. The van der Waals surface area contributed by atoms with Gasteiger partial charge in [0, 0.05) is 12.1 Å². The fourth-order valence-corrected chi connectivity index (χ4v) is 1.97. The zero-order chi connectivity index (χ0) is 13.2. The second-order valence-corrected chi connectivity index (χ2v) is 5.66. The van der Waals surface area contributed by atoms with Crippen LogP contribution in [-0.2, 0) is 0 Å². The van der Waals surface area contributed by atoms with E-state index in [-0.39, 0.29) is 5.91 Å². The van der Waals surface area contributed by atoms with Crippen LogP contribution in [0.4, 0.5) is 5.69 Å². The van der Waals surface area contributed by atoms with E-state index in [1.807, 2.05) is 0 Å². The first-order valence-electron chi connectivity index (χ1n) is 7.03. The molecule has 0 heterocycles. The highest BCUT2D eigenvalue weighted by Gasteiger charge is 2.23. The monoisotopic (exact) mass is 260 g/mol. The Kier molecular flexibility index (Phi) is 3.32. The van der Waals surface area contributed by atoms with Crippen molar-refractivity contribution in [3.8, 4) is 5.75 Å². The van der Waals surface area contributed by atoms with Crippen LogP contribution in [0.25, 0.3) is 0 Å². The summed E-state index contributed by atoms with van der Waals surface area (Å²) in [5, 5.41) is 2.93. The highest BCUT2D eigenvalue weighted by Crippen LogP contribution is 2.31. The number of nitrogens with two attached hydrogens (primary N) is 1. The minimum Gasteiger partial charge on any atom is -0.491 e. The molecule has 2 fully saturated rings. The topological polar surface area (TPSA) is 64.4 Å². The lowest BCUT2D eigenvalue weighted by molar-refractivity contribution is 0.0952. The molecule has 102 valence electrons. The quantitative estimate of drug-likeness (QED) is 0.771. The maximum absolute atomic E-state index is 11.9. The van der Waals surface area contributed by atoms with E-state index in [0.717, 1.165) is 13.2 Å². The summed E-state index contributed by atoms with van der Waals surface area (Å²) < 4.78 is 5.65. The van der Waals surface area contributed by atoms with Crippen LogP contribution in [0, 0.1) is 11.8 Å². The Bertz CT molecular complexity index is 479. The fourth-order valence-electron chi connectivity index (χ4n) is 1.97. The maximum atomic E-state index is 11.9. The molecule has 3 rings (SSSR count). The van der Waals surface area contributed by atoms with E-state index in [0.29, 0.717) is 28.8 Å². The van der Waals surface area contributed by atoms with Crippen molar-refractivity contribution in [3.63, 3.8) is 0 Å². The summed E-state index contributed by atoms with van der Waals surface area (Å²) in [7, 11) is 0. The second-order valence-electron chi connectivity index (χ2n) is 5.66. The third-order valence-electron chi connectivity index (χ3n) is 3.69. The van der Waals surface area contributed by atoms with Gasteiger partial charge < -0.3 is 15.8 Å². The van der Waals surface area contributed by atoms with E-state index in [1.165, 1.54) is 25.7 Å². The number of ether oxygens (including phenoxy) is 1. The van der Waals surface area contributed by atoms with Crippen molar-refractivity contribution in [1.29, 1.82) is 0 Å². The third kappa shape index (κ3) is 3.40. The van der Waals surface area contributed by atoms with Gasteiger partial charge in [-0.3, -0.25) is 4.79 Å². The van der Waals surface area contributed by atoms with Crippen LogP contribution in [0.5, 0.6) is 5.75 Å². The molecule has 0 spiro atoms. The molecule has 19 heavy (non-hydrogen) atoms. The number of carbonyl (C=O) groups is 1. The number of benzene rings is 1. The second kappa shape index (κ2) is 5.11. The summed E-state index contributed by atoms with van der Waals surface area (Å²) in [5.74, 6) is 2.02. The first-order valence-corrected chi connectivity index (χ1v) is 7.03. The lowest BCUT2D eigenvalue weighted by Crippen LogP contribution is -2.25. The van der Waals surface area contributed by atoms with Gasteiger partial charge in [0.25, 0.3) is 5.91 Å². The highest BCUT2D eigenvalue weighted by atomic mass is 16.5. The number of anilines is 1. The first-order chi connectivity index (χ1) is 9.22. The molecule has 0 bridgehead atoms. The molecule has 0 saturated heterocycles. The summed E-state index contributed by atoms with van der Waals surface area (Å²) >= 11 is 0. The Hall–Kier alpha value is -1.71. The lowest BCUT2D eigenvalue weighted by Gasteiger charge is -2.10. The van der Waals surface area contributed by atoms with Crippen LogP contribution in [-0.4, -0.2) is 19.1 Å². The molecule has 1 amide bonds. The zero-order valence-electron chi connectivity index (χ0n) is 11.0. The van der Waals surface area contributed by atoms with Crippen molar-refractivity contribution < 1.29 is 9.53 Å². The van der Waals surface area contributed by atoms with E-state index in [1.54, 1.807) is 18.2 Å².